The molecule has 0 saturated carbocycles. The average molecular weight is 594 g/mol. The lowest BCUT2D eigenvalue weighted by Gasteiger charge is -2.22. The van der Waals surface area contributed by atoms with Crippen LogP contribution in [0.25, 0.3) is 0 Å². The van der Waals surface area contributed by atoms with E-state index in [1.165, 1.54) is 24.4 Å². The van der Waals surface area contributed by atoms with Gasteiger partial charge in [-0.25, -0.2) is 14.8 Å². The normalized spacial score (nSPS) is 10.5. The summed E-state index contributed by atoms with van der Waals surface area (Å²) in [6, 6.07) is 21.1. The number of rotatable bonds is 14. The topological polar surface area (TPSA) is 138 Å². The summed E-state index contributed by atoms with van der Waals surface area (Å²) in [5, 5.41) is 26.1. The molecule has 3 aromatic carbocycles. The Morgan fingerprint density at radius 2 is 1.71 bits per heavy atom. The standard InChI is InChI=1S/C30H32ClN5O6/c1-40-27-11-9-23(17-25(27)38)34-28-18-29(33-20-32-28)35-24-16-22(31)8-10-26(24)41-15-13-36(12-5-14-37)30(39)42-19-21-6-3-2-4-7-21/h2-4,6-11,16-18,20,37-38H,5,12-15,19H2,1H3,(H2,32,33,34,35). The first-order chi connectivity index (χ1) is 20.4. The minimum Gasteiger partial charge on any atom is -0.504 e. The quantitative estimate of drug-likeness (QED) is 0.143. The summed E-state index contributed by atoms with van der Waals surface area (Å²) >= 11 is 6.26. The van der Waals surface area contributed by atoms with E-state index in [4.69, 9.17) is 25.8 Å². The van der Waals surface area contributed by atoms with Gasteiger partial charge < -0.3 is 40.0 Å². The van der Waals surface area contributed by atoms with E-state index in [0.29, 0.717) is 52.5 Å². The third kappa shape index (κ3) is 8.88. The molecule has 0 aliphatic rings. The number of ether oxygens (including phenoxy) is 3. The number of aromatic hydroxyl groups is 1. The number of aromatic nitrogens is 2. The molecule has 0 radical (unpaired) electrons. The molecule has 4 rings (SSSR count). The van der Waals surface area contributed by atoms with Crippen LogP contribution >= 0.6 is 11.6 Å². The molecular weight excluding hydrogens is 562 g/mol. The van der Waals surface area contributed by atoms with Crippen molar-refractivity contribution >= 4 is 40.7 Å². The van der Waals surface area contributed by atoms with Crippen LogP contribution in [0.2, 0.25) is 5.02 Å². The van der Waals surface area contributed by atoms with Crippen LogP contribution in [-0.2, 0) is 11.3 Å². The molecule has 0 fully saturated rings. The molecule has 1 heterocycles. The molecule has 11 nitrogen and oxygen atoms in total. The van der Waals surface area contributed by atoms with Crippen molar-refractivity contribution in [2.45, 2.75) is 13.0 Å². The second-order valence-electron chi connectivity index (χ2n) is 9.02. The Bertz CT molecular complexity index is 1460. The van der Waals surface area contributed by atoms with Crippen LogP contribution in [0, 0.1) is 0 Å². The summed E-state index contributed by atoms with van der Waals surface area (Å²) in [5.41, 5.74) is 2.05. The first kappa shape index (κ1) is 30.2. The van der Waals surface area contributed by atoms with Gasteiger partial charge in [-0.3, -0.25) is 0 Å². The zero-order valence-electron chi connectivity index (χ0n) is 23.0. The number of halogens is 1. The van der Waals surface area contributed by atoms with Crippen LogP contribution in [-0.4, -0.2) is 64.6 Å². The molecule has 220 valence electrons. The van der Waals surface area contributed by atoms with Crippen LogP contribution in [0.3, 0.4) is 0 Å². The number of amides is 1. The minimum atomic E-state index is -0.489. The third-order valence-electron chi connectivity index (χ3n) is 5.99. The Morgan fingerprint density at radius 3 is 2.45 bits per heavy atom. The Hall–Kier alpha value is -4.74. The monoisotopic (exact) mass is 593 g/mol. The summed E-state index contributed by atoms with van der Waals surface area (Å²) < 4.78 is 16.6. The van der Waals surface area contributed by atoms with Crippen molar-refractivity contribution in [1.29, 1.82) is 0 Å². The number of benzene rings is 3. The van der Waals surface area contributed by atoms with Gasteiger partial charge in [0.15, 0.2) is 11.5 Å². The van der Waals surface area contributed by atoms with Gasteiger partial charge in [0.1, 0.15) is 36.9 Å². The van der Waals surface area contributed by atoms with Gasteiger partial charge in [0.25, 0.3) is 0 Å². The van der Waals surface area contributed by atoms with Crippen molar-refractivity contribution in [2.75, 3.05) is 44.0 Å². The molecule has 0 unspecified atom stereocenters. The highest BCUT2D eigenvalue weighted by Gasteiger charge is 2.16. The van der Waals surface area contributed by atoms with Crippen molar-refractivity contribution in [1.82, 2.24) is 14.9 Å². The summed E-state index contributed by atoms with van der Waals surface area (Å²) in [6.45, 7) is 0.828. The van der Waals surface area contributed by atoms with E-state index in [-0.39, 0.29) is 32.1 Å². The first-order valence-corrected chi connectivity index (χ1v) is 13.5. The zero-order chi connectivity index (χ0) is 29.7. The van der Waals surface area contributed by atoms with Gasteiger partial charge in [-0.15, -0.1) is 0 Å². The lowest BCUT2D eigenvalue weighted by Crippen LogP contribution is -2.36. The number of nitrogens with one attached hydrogen (secondary N) is 2. The average Bonchev–Trinajstić information content (AvgIpc) is 2.99. The first-order valence-electron chi connectivity index (χ1n) is 13.2. The van der Waals surface area contributed by atoms with Gasteiger partial charge in [0.2, 0.25) is 0 Å². The summed E-state index contributed by atoms with van der Waals surface area (Å²) in [7, 11) is 1.48. The predicted octanol–water partition coefficient (Wildman–Crippen LogP) is 5.73. The van der Waals surface area contributed by atoms with Gasteiger partial charge in [0, 0.05) is 36.0 Å². The number of methoxy groups -OCH3 is 1. The Balaban J connectivity index is 1.39. The number of carbonyl (C=O) groups excluding carboxylic acids is 1. The Morgan fingerprint density at radius 1 is 0.952 bits per heavy atom. The van der Waals surface area contributed by atoms with Crippen LogP contribution in [0.1, 0.15) is 12.0 Å². The zero-order valence-corrected chi connectivity index (χ0v) is 23.8. The van der Waals surface area contributed by atoms with E-state index < -0.39 is 6.09 Å². The number of nitrogens with zero attached hydrogens (tertiary/aromatic N) is 3. The van der Waals surface area contributed by atoms with E-state index in [0.717, 1.165) is 5.56 Å². The van der Waals surface area contributed by atoms with Crippen LogP contribution < -0.4 is 20.1 Å². The van der Waals surface area contributed by atoms with Crippen molar-refractivity contribution < 1.29 is 29.2 Å². The van der Waals surface area contributed by atoms with Gasteiger partial charge in [-0.05, 0) is 42.3 Å². The lowest BCUT2D eigenvalue weighted by molar-refractivity contribution is 0.0877. The van der Waals surface area contributed by atoms with Crippen molar-refractivity contribution in [2.24, 2.45) is 0 Å². The maximum absolute atomic E-state index is 12.7. The fraction of sp³-hybridized carbons (Fsp3) is 0.233. The van der Waals surface area contributed by atoms with Gasteiger partial charge in [-0.1, -0.05) is 41.9 Å². The van der Waals surface area contributed by atoms with E-state index >= 15 is 0 Å². The van der Waals surface area contributed by atoms with Crippen molar-refractivity contribution in [3.63, 3.8) is 0 Å². The smallest absolute Gasteiger partial charge is 0.410 e. The van der Waals surface area contributed by atoms with E-state index in [1.807, 2.05) is 30.3 Å². The number of aliphatic hydroxyl groups excluding tert-OH is 1. The molecule has 0 spiro atoms. The maximum atomic E-state index is 12.7. The molecule has 0 aliphatic carbocycles. The highest BCUT2D eigenvalue weighted by molar-refractivity contribution is 6.31. The Labute approximate surface area is 248 Å². The highest BCUT2D eigenvalue weighted by Crippen LogP contribution is 2.32. The number of carbonyl (C=O) groups is 1. The molecule has 1 aromatic heterocycles. The van der Waals surface area contributed by atoms with Crippen LogP contribution in [0.15, 0.2) is 79.1 Å². The molecule has 4 aromatic rings. The largest absolute Gasteiger partial charge is 0.504 e. The molecular formula is C30H32ClN5O6. The number of aliphatic hydroxyl groups is 1. The number of phenolic OH excluding ortho intramolecular Hbond substituents is 1. The van der Waals surface area contributed by atoms with Crippen LogP contribution in [0.4, 0.5) is 27.8 Å². The molecule has 4 N–H and O–H groups in total. The number of phenols is 1. The predicted molar refractivity (Wildman–Crippen MR) is 160 cm³/mol. The van der Waals surface area contributed by atoms with Gasteiger partial charge in [0.05, 0.1) is 19.3 Å². The Kier molecular flexibility index (Phi) is 11.0. The molecule has 0 saturated heterocycles. The number of hydrogen-bond acceptors (Lipinski definition) is 10. The SMILES string of the molecule is COc1ccc(Nc2cc(Nc3cc(Cl)ccc3OCCN(CCCO)C(=O)OCc3ccccc3)ncn2)cc1O. The fourth-order valence-electron chi connectivity index (χ4n) is 3.91. The summed E-state index contributed by atoms with van der Waals surface area (Å²) in [6.07, 6.45) is 1.31. The molecule has 42 heavy (non-hydrogen) atoms. The second-order valence-corrected chi connectivity index (χ2v) is 9.45. The molecule has 0 bridgehead atoms. The fourth-order valence-corrected chi connectivity index (χ4v) is 4.08. The second kappa shape index (κ2) is 15.3. The molecule has 0 aliphatic heterocycles. The van der Waals surface area contributed by atoms with E-state index in [2.05, 4.69) is 20.6 Å². The molecule has 0 atom stereocenters. The van der Waals surface area contributed by atoms with Crippen molar-refractivity contribution in [3.8, 4) is 17.2 Å². The van der Waals surface area contributed by atoms with Gasteiger partial charge >= 0.3 is 6.09 Å². The maximum Gasteiger partial charge on any atom is 0.410 e. The third-order valence-corrected chi connectivity index (χ3v) is 6.23. The van der Waals surface area contributed by atoms with E-state index in [9.17, 15) is 15.0 Å². The number of hydrogen-bond donors (Lipinski definition) is 4. The molecule has 12 heteroatoms. The number of anilines is 4. The lowest BCUT2D eigenvalue weighted by atomic mass is 10.2. The highest BCUT2D eigenvalue weighted by atomic mass is 35.5. The summed E-state index contributed by atoms with van der Waals surface area (Å²) in [5.74, 6) is 1.79. The minimum absolute atomic E-state index is 0.00462. The van der Waals surface area contributed by atoms with Crippen molar-refractivity contribution in [3.05, 3.63) is 89.7 Å². The van der Waals surface area contributed by atoms with E-state index in [1.54, 1.807) is 36.4 Å². The molecule has 1 amide bonds. The van der Waals surface area contributed by atoms with Gasteiger partial charge in [-0.2, -0.15) is 0 Å². The summed E-state index contributed by atoms with van der Waals surface area (Å²) in [4.78, 5) is 22.7. The van der Waals surface area contributed by atoms with Crippen LogP contribution in [0.5, 0.6) is 17.2 Å².